The van der Waals surface area contributed by atoms with Crippen LogP contribution in [0.2, 0.25) is 0 Å². The highest BCUT2D eigenvalue weighted by atomic mass is 16.2. The van der Waals surface area contributed by atoms with E-state index < -0.39 is 5.54 Å². The summed E-state index contributed by atoms with van der Waals surface area (Å²) < 4.78 is 0. The standard InChI is InChI=1S/C15H22N4O/c1-11-4-8-17-13(18-11)12-5-9-19(10-12)14(20)15(16)6-2-3-7-15/h4,8,12H,2-3,5-7,9-10,16H2,1H3. The van der Waals surface area contributed by atoms with Gasteiger partial charge in [0, 0.05) is 30.9 Å². The Balaban J connectivity index is 1.69. The number of hydrogen-bond donors (Lipinski definition) is 1. The van der Waals surface area contributed by atoms with E-state index in [-0.39, 0.29) is 11.8 Å². The number of hydrogen-bond acceptors (Lipinski definition) is 4. The van der Waals surface area contributed by atoms with Crippen molar-refractivity contribution < 1.29 is 4.79 Å². The van der Waals surface area contributed by atoms with Crippen molar-refractivity contribution in [1.82, 2.24) is 14.9 Å². The normalized spacial score (nSPS) is 25.1. The number of nitrogens with zero attached hydrogens (tertiary/aromatic N) is 3. The molecule has 2 N–H and O–H groups in total. The van der Waals surface area contributed by atoms with Gasteiger partial charge in [-0.2, -0.15) is 0 Å². The molecule has 1 aliphatic carbocycles. The highest BCUT2D eigenvalue weighted by molar-refractivity contribution is 5.86. The lowest BCUT2D eigenvalue weighted by Gasteiger charge is -2.28. The molecular weight excluding hydrogens is 252 g/mol. The Bertz CT molecular complexity index is 510. The molecule has 2 fully saturated rings. The Labute approximate surface area is 119 Å². The second kappa shape index (κ2) is 5.13. The minimum atomic E-state index is -0.609. The van der Waals surface area contributed by atoms with Crippen LogP contribution in [0.15, 0.2) is 12.3 Å². The summed E-state index contributed by atoms with van der Waals surface area (Å²) in [5.41, 5.74) is 6.64. The fraction of sp³-hybridized carbons (Fsp3) is 0.667. The van der Waals surface area contributed by atoms with Gasteiger partial charge in [0.1, 0.15) is 5.82 Å². The summed E-state index contributed by atoms with van der Waals surface area (Å²) in [4.78, 5) is 23.3. The van der Waals surface area contributed by atoms with Crippen molar-refractivity contribution in [2.75, 3.05) is 13.1 Å². The predicted octanol–water partition coefficient (Wildman–Crippen LogP) is 1.37. The van der Waals surface area contributed by atoms with Gasteiger partial charge < -0.3 is 10.6 Å². The van der Waals surface area contributed by atoms with E-state index in [0.29, 0.717) is 6.54 Å². The van der Waals surface area contributed by atoms with Crippen molar-refractivity contribution >= 4 is 5.91 Å². The largest absolute Gasteiger partial charge is 0.340 e. The van der Waals surface area contributed by atoms with Crippen LogP contribution in [0.3, 0.4) is 0 Å². The smallest absolute Gasteiger partial charge is 0.242 e. The summed E-state index contributed by atoms with van der Waals surface area (Å²) in [6, 6.07) is 1.90. The van der Waals surface area contributed by atoms with Gasteiger partial charge >= 0.3 is 0 Å². The van der Waals surface area contributed by atoms with E-state index in [2.05, 4.69) is 9.97 Å². The van der Waals surface area contributed by atoms with Crippen LogP contribution in [-0.2, 0) is 4.79 Å². The zero-order chi connectivity index (χ0) is 14.2. The topological polar surface area (TPSA) is 72.1 Å². The third-order valence-electron chi connectivity index (χ3n) is 4.58. The molecule has 1 aromatic heterocycles. The minimum Gasteiger partial charge on any atom is -0.340 e. The summed E-state index contributed by atoms with van der Waals surface area (Å²) in [7, 11) is 0. The molecule has 108 valence electrons. The SMILES string of the molecule is Cc1ccnc(C2CCN(C(=O)C3(N)CCCC3)C2)n1. The number of nitrogens with two attached hydrogens (primary N) is 1. The number of likely N-dealkylation sites (tertiary alicyclic amines) is 1. The van der Waals surface area contributed by atoms with Crippen molar-refractivity contribution in [2.45, 2.75) is 50.5 Å². The maximum Gasteiger partial charge on any atom is 0.242 e. The Kier molecular flexibility index (Phi) is 3.46. The van der Waals surface area contributed by atoms with E-state index in [1.54, 1.807) is 6.20 Å². The number of aryl methyl sites for hydroxylation is 1. The molecule has 0 radical (unpaired) electrons. The van der Waals surface area contributed by atoms with Crippen molar-refractivity contribution in [3.8, 4) is 0 Å². The van der Waals surface area contributed by atoms with Crippen molar-refractivity contribution in [1.29, 1.82) is 0 Å². The quantitative estimate of drug-likeness (QED) is 0.884. The van der Waals surface area contributed by atoms with Gasteiger partial charge in [-0.25, -0.2) is 9.97 Å². The third kappa shape index (κ3) is 2.42. The molecule has 1 saturated heterocycles. The van der Waals surface area contributed by atoms with E-state index in [0.717, 1.165) is 50.2 Å². The fourth-order valence-electron chi connectivity index (χ4n) is 3.36. The second-order valence-corrected chi connectivity index (χ2v) is 6.16. The molecule has 5 heteroatoms. The summed E-state index contributed by atoms with van der Waals surface area (Å²) in [5.74, 6) is 1.24. The Hall–Kier alpha value is -1.49. The first kappa shape index (κ1) is 13.5. The maximum absolute atomic E-state index is 12.6. The van der Waals surface area contributed by atoms with Crippen LogP contribution in [0.4, 0.5) is 0 Å². The van der Waals surface area contributed by atoms with Crippen molar-refractivity contribution in [3.05, 3.63) is 23.8 Å². The zero-order valence-corrected chi connectivity index (χ0v) is 12.0. The molecule has 5 nitrogen and oxygen atoms in total. The first-order valence-electron chi connectivity index (χ1n) is 7.46. The van der Waals surface area contributed by atoms with Gasteiger partial charge in [0.15, 0.2) is 0 Å². The van der Waals surface area contributed by atoms with E-state index in [1.807, 2.05) is 17.9 Å². The number of carbonyl (C=O) groups is 1. The van der Waals surface area contributed by atoms with Gasteiger partial charge in [-0.15, -0.1) is 0 Å². The molecule has 20 heavy (non-hydrogen) atoms. The van der Waals surface area contributed by atoms with Crippen LogP contribution in [0.1, 0.15) is 49.5 Å². The molecule has 2 heterocycles. The summed E-state index contributed by atoms with van der Waals surface area (Å²) in [6.07, 6.45) is 6.53. The molecule has 1 aliphatic heterocycles. The van der Waals surface area contributed by atoms with E-state index in [1.165, 1.54) is 0 Å². The van der Waals surface area contributed by atoms with Crippen molar-refractivity contribution in [2.24, 2.45) is 5.73 Å². The molecule has 3 rings (SSSR count). The van der Waals surface area contributed by atoms with Gasteiger partial charge in [-0.05, 0) is 32.3 Å². The van der Waals surface area contributed by atoms with Crippen LogP contribution in [0.5, 0.6) is 0 Å². The first-order chi connectivity index (χ1) is 9.58. The maximum atomic E-state index is 12.6. The van der Waals surface area contributed by atoms with E-state index >= 15 is 0 Å². The highest BCUT2D eigenvalue weighted by Gasteiger charge is 2.42. The van der Waals surface area contributed by atoms with Gasteiger partial charge in [0.25, 0.3) is 0 Å². The Morgan fingerprint density at radius 3 is 2.90 bits per heavy atom. The average Bonchev–Trinajstić information content (AvgIpc) is 3.07. The van der Waals surface area contributed by atoms with Crippen LogP contribution in [-0.4, -0.2) is 39.4 Å². The van der Waals surface area contributed by atoms with Crippen LogP contribution in [0, 0.1) is 6.92 Å². The van der Waals surface area contributed by atoms with Crippen LogP contribution in [0.25, 0.3) is 0 Å². The van der Waals surface area contributed by atoms with Gasteiger partial charge in [-0.3, -0.25) is 4.79 Å². The van der Waals surface area contributed by atoms with Crippen LogP contribution < -0.4 is 5.73 Å². The van der Waals surface area contributed by atoms with E-state index in [9.17, 15) is 4.79 Å². The van der Waals surface area contributed by atoms with Gasteiger partial charge in [-0.1, -0.05) is 12.8 Å². The molecule has 0 bridgehead atoms. The van der Waals surface area contributed by atoms with Gasteiger partial charge in [0.05, 0.1) is 5.54 Å². The molecule has 1 amide bonds. The number of amides is 1. The summed E-state index contributed by atoms with van der Waals surface area (Å²) in [5, 5.41) is 0. The Morgan fingerprint density at radius 1 is 1.45 bits per heavy atom. The molecule has 2 aliphatic rings. The predicted molar refractivity (Wildman–Crippen MR) is 76.1 cm³/mol. The van der Waals surface area contributed by atoms with E-state index in [4.69, 9.17) is 5.73 Å². The molecule has 1 saturated carbocycles. The Morgan fingerprint density at radius 2 is 2.20 bits per heavy atom. The molecule has 1 unspecified atom stereocenters. The number of rotatable bonds is 2. The van der Waals surface area contributed by atoms with Crippen molar-refractivity contribution in [3.63, 3.8) is 0 Å². The molecule has 0 aromatic carbocycles. The fourth-order valence-corrected chi connectivity index (χ4v) is 3.36. The third-order valence-corrected chi connectivity index (χ3v) is 4.58. The molecule has 0 spiro atoms. The highest BCUT2D eigenvalue weighted by Crippen LogP contribution is 2.32. The average molecular weight is 274 g/mol. The molecular formula is C15H22N4O. The molecule has 1 atom stereocenters. The lowest BCUT2D eigenvalue weighted by Crippen LogP contribution is -2.52. The summed E-state index contributed by atoms with van der Waals surface area (Å²) >= 11 is 0. The monoisotopic (exact) mass is 274 g/mol. The zero-order valence-electron chi connectivity index (χ0n) is 12.0. The lowest BCUT2D eigenvalue weighted by molar-refractivity contribution is -0.135. The number of carbonyl (C=O) groups excluding carboxylic acids is 1. The molecule has 1 aromatic rings. The minimum absolute atomic E-state index is 0.130. The van der Waals surface area contributed by atoms with Gasteiger partial charge in [0.2, 0.25) is 5.91 Å². The number of aromatic nitrogens is 2. The second-order valence-electron chi connectivity index (χ2n) is 6.16. The first-order valence-corrected chi connectivity index (χ1v) is 7.46. The lowest BCUT2D eigenvalue weighted by atomic mass is 9.97. The van der Waals surface area contributed by atoms with Crippen LogP contribution >= 0.6 is 0 Å². The summed E-state index contributed by atoms with van der Waals surface area (Å²) in [6.45, 7) is 3.46.